The lowest BCUT2D eigenvalue weighted by molar-refractivity contribution is 0.0747. The molecule has 2 rings (SSSR count). The van der Waals surface area contributed by atoms with E-state index in [1.165, 1.54) is 5.56 Å². The van der Waals surface area contributed by atoms with E-state index in [4.69, 9.17) is 5.73 Å². The van der Waals surface area contributed by atoms with Crippen LogP contribution in [0.1, 0.15) is 35.7 Å². The van der Waals surface area contributed by atoms with Crippen LogP contribution < -0.4 is 5.73 Å². The number of nitrogens with zero attached hydrogens (tertiary/aromatic N) is 1. The van der Waals surface area contributed by atoms with E-state index in [1.54, 1.807) is 0 Å². The van der Waals surface area contributed by atoms with E-state index in [9.17, 15) is 4.79 Å². The summed E-state index contributed by atoms with van der Waals surface area (Å²) in [6.45, 7) is 3.66. The summed E-state index contributed by atoms with van der Waals surface area (Å²) in [7, 11) is 0. The number of hydrogen-bond donors (Lipinski definition) is 1. The van der Waals surface area contributed by atoms with Crippen molar-refractivity contribution in [1.29, 1.82) is 0 Å². The summed E-state index contributed by atoms with van der Waals surface area (Å²) in [5.74, 6) is 0.161. The third-order valence-corrected chi connectivity index (χ3v) is 3.45. The molecule has 17 heavy (non-hydrogen) atoms. The zero-order chi connectivity index (χ0) is 12.3. The van der Waals surface area contributed by atoms with Crippen molar-refractivity contribution < 1.29 is 4.79 Å². The summed E-state index contributed by atoms with van der Waals surface area (Å²) in [6, 6.07) is 8.21. The van der Waals surface area contributed by atoms with E-state index in [1.807, 2.05) is 29.2 Å². The van der Waals surface area contributed by atoms with Crippen LogP contribution in [0, 0.1) is 0 Å². The molecule has 0 radical (unpaired) electrons. The van der Waals surface area contributed by atoms with Gasteiger partial charge in [0.05, 0.1) is 0 Å². The van der Waals surface area contributed by atoms with Crippen LogP contribution in [-0.2, 0) is 6.42 Å². The van der Waals surface area contributed by atoms with Gasteiger partial charge in [-0.25, -0.2) is 0 Å². The number of carbonyl (C=O) groups is 1. The minimum atomic E-state index is 0.161. The highest BCUT2D eigenvalue weighted by Gasteiger charge is 2.25. The summed E-state index contributed by atoms with van der Waals surface area (Å²) in [5, 5.41) is 0. The van der Waals surface area contributed by atoms with Gasteiger partial charge < -0.3 is 10.6 Å². The zero-order valence-corrected chi connectivity index (χ0v) is 10.4. The first kappa shape index (κ1) is 12.1. The quantitative estimate of drug-likeness (QED) is 0.864. The average Bonchev–Trinajstić information content (AvgIpc) is 2.76. The van der Waals surface area contributed by atoms with Crippen LogP contribution >= 0.6 is 0 Å². The van der Waals surface area contributed by atoms with E-state index in [-0.39, 0.29) is 5.91 Å². The van der Waals surface area contributed by atoms with Crippen molar-refractivity contribution in [2.75, 3.05) is 13.1 Å². The molecule has 1 atom stereocenters. The van der Waals surface area contributed by atoms with Gasteiger partial charge in [0.2, 0.25) is 0 Å². The smallest absolute Gasteiger partial charge is 0.254 e. The predicted octanol–water partition coefficient (Wildman–Crippen LogP) is 1.81. The van der Waals surface area contributed by atoms with Crippen molar-refractivity contribution in [3.8, 4) is 0 Å². The highest BCUT2D eigenvalue weighted by atomic mass is 16.2. The maximum atomic E-state index is 12.2. The molecule has 0 aromatic heterocycles. The monoisotopic (exact) mass is 232 g/mol. The average molecular weight is 232 g/mol. The molecule has 1 amide bonds. The lowest BCUT2D eigenvalue weighted by Gasteiger charge is -2.21. The lowest BCUT2D eigenvalue weighted by Crippen LogP contribution is -2.33. The first-order valence-corrected chi connectivity index (χ1v) is 6.32. The molecule has 0 aliphatic carbocycles. The highest BCUT2D eigenvalue weighted by Crippen LogP contribution is 2.19. The van der Waals surface area contributed by atoms with E-state index in [0.29, 0.717) is 12.6 Å². The minimum Gasteiger partial charge on any atom is -0.336 e. The SMILES string of the molecule is CC1CCCN1C(=O)c1ccc(CCN)cc1. The number of nitrogens with two attached hydrogens (primary N) is 1. The molecular weight excluding hydrogens is 212 g/mol. The Morgan fingerprint density at radius 1 is 1.41 bits per heavy atom. The third-order valence-electron chi connectivity index (χ3n) is 3.45. The normalized spacial score (nSPS) is 19.6. The number of amides is 1. The number of carbonyl (C=O) groups excluding carboxylic acids is 1. The molecule has 1 fully saturated rings. The van der Waals surface area contributed by atoms with Crippen molar-refractivity contribution in [3.63, 3.8) is 0 Å². The van der Waals surface area contributed by atoms with Gasteiger partial charge in [-0.2, -0.15) is 0 Å². The van der Waals surface area contributed by atoms with E-state index < -0.39 is 0 Å². The topological polar surface area (TPSA) is 46.3 Å². The van der Waals surface area contributed by atoms with Gasteiger partial charge in [0.25, 0.3) is 5.91 Å². The van der Waals surface area contributed by atoms with Gasteiger partial charge >= 0.3 is 0 Å². The van der Waals surface area contributed by atoms with Gasteiger partial charge in [0.1, 0.15) is 0 Å². The second-order valence-corrected chi connectivity index (χ2v) is 4.73. The fourth-order valence-corrected chi connectivity index (χ4v) is 2.38. The summed E-state index contributed by atoms with van der Waals surface area (Å²) < 4.78 is 0. The Kier molecular flexibility index (Phi) is 3.79. The van der Waals surface area contributed by atoms with Crippen molar-refractivity contribution in [2.45, 2.75) is 32.2 Å². The van der Waals surface area contributed by atoms with Crippen molar-refractivity contribution in [3.05, 3.63) is 35.4 Å². The summed E-state index contributed by atoms with van der Waals surface area (Å²) >= 11 is 0. The van der Waals surface area contributed by atoms with Crippen molar-refractivity contribution >= 4 is 5.91 Å². The van der Waals surface area contributed by atoms with Crippen LogP contribution in [0.3, 0.4) is 0 Å². The Balaban J connectivity index is 2.08. The maximum Gasteiger partial charge on any atom is 0.254 e. The molecule has 3 nitrogen and oxygen atoms in total. The minimum absolute atomic E-state index is 0.161. The molecule has 2 N–H and O–H groups in total. The second-order valence-electron chi connectivity index (χ2n) is 4.73. The molecule has 1 aliphatic heterocycles. The fourth-order valence-electron chi connectivity index (χ4n) is 2.38. The molecule has 92 valence electrons. The molecule has 1 aromatic rings. The van der Waals surface area contributed by atoms with E-state index >= 15 is 0 Å². The molecule has 1 unspecified atom stereocenters. The number of benzene rings is 1. The van der Waals surface area contributed by atoms with E-state index in [0.717, 1.165) is 31.4 Å². The first-order valence-electron chi connectivity index (χ1n) is 6.32. The Hall–Kier alpha value is -1.35. The number of likely N-dealkylation sites (tertiary alicyclic amines) is 1. The lowest BCUT2D eigenvalue weighted by atomic mass is 10.1. The summed E-state index contributed by atoms with van der Waals surface area (Å²) in [4.78, 5) is 14.2. The molecular formula is C14H20N2O. The Labute approximate surface area is 103 Å². The standard InChI is InChI=1S/C14H20N2O/c1-11-3-2-10-16(11)14(17)13-6-4-12(5-7-13)8-9-15/h4-7,11H,2-3,8-10,15H2,1H3. The van der Waals surface area contributed by atoms with Gasteiger partial charge in [0, 0.05) is 18.2 Å². The zero-order valence-electron chi connectivity index (χ0n) is 10.4. The Bertz CT molecular complexity index is 386. The van der Waals surface area contributed by atoms with Gasteiger partial charge in [-0.15, -0.1) is 0 Å². The predicted molar refractivity (Wildman–Crippen MR) is 68.9 cm³/mol. The van der Waals surface area contributed by atoms with E-state index in [2.05, 4.69) is 6.92 Å². The molecule has 3 heteroatoms. The Morgan fingerprint density at radius 2 is 2.12 bits per heavy atom. The molecule has 1 aliphatic rings. The molecule has 0 saturated carbocycles. The van der Waals surface area contributed by atoms with Crippen LogP contribution in [0.25, 0.3) is 0 Å². The van der Waals surface area contributed by atoms with Crippen molar-refractivity contribution in [2.24, 2.45) is 5.73 Å². The molecule has 1 heterocycles. The number of rotatable bonds is 3. The van der Waals surface area contributed by atoms with Crippen LogP contribution in [0.5, 0.6) is 0 Å². The molecule has 0 bridgehead atoms. The molecule has 1 saturated heterocycles. The van der Waals surface area contributed by atoms with Crippen molar-refractivity contribution in [1.82, 2.24) is 4.90 Å². The summed E-state index contributed by atoms with van der Waals surface area (Å²) in [5.41, 5.74) is 7.49. The van der Waals surface area contributed by atoms with Gasteiger partial charge in [-0.05, 0) is 50.4 Å². The molecule has 0 spiro atoms. The van der Waals surface area contributed by atoms with Gasteiger partial charge in [0.15, 0.2) is 0 Å². The van der Waals surface area contributed by atoms with Crippen LogP contribution in [-0.4, -0.2) is 29.9 Å². The largest absolute Gasteiger partial charge is 0.336 e. The fraction of sp³-hybridized carbons (Fsp3) is 0.500. The molecule has 1 aromatic carbocycles. The first-order chi connectivity index (χ1) is 8.22. The van der Waals surface area contributed by atoms with Crippen LogP contribution in [0.2, 0.25) is 0 Å². The maximum absolute atomic E-state index is 12.2. The van der Waals surface area contributed by atoms with Crippen LogP contribution in [0.4, 0.5) is 0 Å². The van der Waals surface area contributed by atoms with Gasteiger partial charge in [-0.3, -0.25) is 4.79 Å². The number of hydrogen-bond acceptors (Lipinski definition) is 2. The highest BCUT2D eigenvalue weighted by molar-refractivity contribution is 5.94. The second kappa shape index (κ2) is 5.32. The summed E-state index contributed by atoms with van der Waals surface area (Å²) in [6.07, 6.45) is 3.11. The van der Waals surface area contributed by atoms with Crippen LogP contribution in [0.15, 0.2) is 24.3 Å². The van der Waals surface area contributed by atoms with Gasteiger partial charge in [-0.1, -0.05) is 12.1 Å². The Morgan fingerprint density at radius 3 is 2.65 bits per heavy atom. The third kappa shape index (κ3) is 2.67.